The molecule has 0 bridgehead atoms. The van der Waals surface area contributed by atoms with Crippen LogP contribution in [-0.4, -0.2) is 73.4 Å². The van der Waals surface area contributed by atoms with Gasteiger partial charge in [0.25, 0.3) is 5.91 Å². The maximum atomic E-state index is 14.6. The zero-order chi connectivity index (χ0) is 28.0. The van der Waals surface area contributed by atoms with E-state index in [9.17, 15) is 36.6 Å². The summed E-state index contributed by atoms with van der Waals surface area (Å²) in [6, 6.07) is 5.21. The van der Waals surface area contributed by atoms with E-state index in [2.05, 4.69) is 10.6 Å². The fourth-order valence-corrected chi connectivity index (χ4v) is 4.17. The SMILES string of the molecule is Cl.Cl.NC(O)C(C=O)NCc1c(C(=O)Nc2ccc(Cl)cc2N2CCN(CCC(F)(F)F)CC2)ccc(F)c1F. The lowest BCUT2D eigenvalue weighted by Gasteiger charge is -2.37. The molecule has 0 spiro atoms. The third kappa shape index (κ3) is 9.68. The lowest BCUT2D eigenvalue weighted by atomic mass is 10.0. The predicted molar refractivity (Wildman–Crippen MR) is 146 cm³/mol. The summed E-state index contributed by atoms with van der Waals surface area (Å²) in [6.07, 6.45) is -6.46. The van der Waals surface area contributed by atoms with Crippen LogP contribution in [0.15, 0.2) is 30.3 Å². The van der Waals surface area contributed by atoms with Crippen LogP contribution in [0.2, 0.25) is 5.02 Å². The summed E-state index contributed by atoms with van der Waals surface area (Å²) in [5.74, 6) is -3.32. The lowest BCUT2D eigenvalue weighted by Crippen LogP contribution is -2.47. The van der Waals surface area contributed by atoms with Gasteiger partial charge >= 0.3 is 6.18 Å². The number of hydrogen-bond donors (Lipinski definition) is 4. The largest absolute Gasteiger partial charge is 0.390 e. The molecule has 1 fully saturated rings. The highest BCUT2D eigenvalue weighted by atomic mass is 35.5. The third-order valence-electron chi connectivity index (χ3n) is 6.10. The van der Waals surface area contributed by atoms with Crippen LogP contribution in [0.5, 0.6) is 0 Å². The summed E-state index contributed by atoms with van der Waals surface area (Å²) in [5.41, 5.74) is 5.46. The molecule has 3 rings (SSSR count). The zero-order valence-electron chi connectivity index (χ0n) is 20.9. The Morgan fingerprint density at radius 3 is 2.35 bits per heavy atom. The molecule has 224 valence electrons. The van der Waals surface area contributed by atoms with E-state index in [1.54, 1.807) is 11.0 Å². The minimum absolute atomic E-state index is 0. The van der Waals surface area contributed by atoms with Crippen LogP contribution < -0.4 is 21.3 Å². The number of halogens is 8. The number of anilines is 2. The molecule has 1 heterocycles. The first-order valence-corrected chi connectivity index (χ1v) is 12.0. The van der Waals surface area contributed by atoms with Crippen molar-refractivity contribution in [2.75, 3.05) is 42.9 Å². The van der Waals surface area contributed by atoms with Crippen molar-refractivity contribution in [2.45, 2.75) is 31.4 Å². The van der Waals surface area contributed by atoms with Crippen molar-refractivity contribution >= 4 is 60.0 Å². The number of benzene rings is 2. The van der Waals surface area contributed by atoms with Crippen molar-refractivity contribution in [2.24, 2.45) is 5.73 Å². The van der Waals surface area contributed by atoms with E-state index < -0.39 is 49.0 Å². The van der Waals surface area contributed by atoms with Gasteiger partial charge in [0.05, 0.1) is 17.8 Å². The van der Waals surface area contributed by atoms with Crippen LogP contribution in [0.3, 0.4) is 0 Å². The first-order chi connectivity index (χ1) is 17.9. The predicted octanol–water partition coefficient (Wildman–Crippen LogP) is 3.72. The minimum Gasteiger partial charge on any atom is -0.377 e. The molecule has 1 aliphatic heterocycles. The molecule has 2 atom stereocenters. The van der Waals surface area contributed by atoms with E-state index in [1.807, 2.05) is 4.90 Å². The first kappa shape index (κ1) is 35.8. The zero-order valence-corrected chi connectivity index (χ0v) is 23.3. The number of amides is 1. The Balaban J connectivity index is 0.00000400. The summed E-state index contributed by atoms with van der Waals surface area (Å²) in [7, 11) is 0. The smallest absolute Gasteiger partial charge is 0.377 e. The summed E-state index contributed by atoms with van der Waals surface area (Å²) in [4.78, 5) is 27.8. The van der Waals surface area contributed by atoms with E-state index in [0.29, 0.717) is 48.9 Å². The average molecular weight is 637 g/mol. The van der Waals surface area contributed by atoms with Crippen molar-refractivity contribution in [3.8, 4) is 0 Å². The highest BCUT2D eigenvalue weighted by Crippen LogP contribution is 2.31. The molecule has 1 aliphatic rings. The molecule has 40 heavy (non-hydrogen) atoms. The molecule has 16 heteroatoms. The van der Waals surface area contributed by atoms with Gasteiger partial charge in [0.1, 0.15) is 18.6 Å². The number of aliphatic hydroxyl groups excluding tert-OH is 1. The normalized spacial score (nSPS) is 15.4. The summed E-state index contributed by atoms with van der Waals surface area (Å²) in [5, 5.41) is 14.9. The van der Waals surface area contributed by atoms with E-state index in [4.69, 9.17) is 17.3 Å². The van der Waals surface area contributed by atoms with Gasteiger partial charge in [-0.15, -0.1) is 24.8 Å². The highest BCUT2D eigenvalue weighted by molar-refractivity contribution is 6.31. The van der Waals surface area contributed by atoms with Gasteiger partial charge in [0.2, 0.25) is 0 Å². The second-order valence-corrected chi connectivity index (χ2v) is 9.17. The fraction of sp³-hybridized carbons (Fsp3) is 0.417. The van der Waals surface area contributed by atoms with Crippen LogP contribution in [0.1, 0.15) is 22.3 Å². The molecule has 0 radical (unpaired) electrons. The Labute approximate surface area is 244 Å². The quantitative estimate of drug-likeness (QED) is 0.179. The minimum atomic E-state index is -4.24. The number of carbonyl (C=O) groups excluding carboxylic acids is 2. The van der Waals surface area contributed by atoms with Gasteiger partial charge < -0.3 is 31.2 Å². The van der Waals surface area contributed by atoms with E-state index in [0.717, 1.165) is 12.1 Å². The Bertz CT molecular complexity index is 1150. The van der Waals surface area contributed by atoms with Crippen molar-refractivity contribution < 1.29 is 36.6 Å². The topological polar surface area (TPSA) is 111 Å². The van der Waals surface area contributed by atoms with Crippen molar-refractivity contribution in [3.63, 3.8) is 0 Å². The number of nitrogens with one attached hydrogen (secondary N) is 2. The van der Waals surface area contributed by atoms with Gasteiger partial charge in [0.15, 0.2) is 11.6 Å². The number of aldehydes is 1. The number of alkyl halides is 3. The molecular formula is C24H29Cl3F5N5O3. The fourth-order valence-electron chi connectivity index (χ4n) is 4.01. The molecule has 2 aromatic rings. The second-order valence-electron chi connectivity index (χ2n) is 8.73. The number of piperazine rings is 1. The van der Waals surface area contributed by atoms with Crippen LogP contribution in [0.4, 0.5) is 33.3 Å². The summed E-state index contributed by atoms with van der Waals surface area (Å²) >= 11 is 6.16. The molecule has 1 saturated heterocycles. The lowest BCUT2D eigenvalue weighted by molar-refractivity contribution is -0.138. The molecule has 0 saturated carbocycles. The summed E-state index contributed by atoms with van der Waals surface area (Å²) in [6.45, 7) is 0.860. The number of carbonyl (C=O) groups is 2. The molecule has 8 nitrogen and oxygen atoms in total. The van der Waals surface area contributed by atoms with Gasteiger partial charge in [-0.3, -0.25) is 9.69 Å². The molecule has 2 unspecified atom stereocenters. The van der Waals surface area contributed by atoms with Crippen LogP contribution >= 0.6 is 36.4 Å². The van der Waals surface area contributed by atoms with Gasteiger partial charge in [-0.1, -0.05) is 11.6 Å². The number of aliphatic hydroxyl groups is 1. The average Bonchev–Trinajstić information content (AvgIpc) is 2.86. The molecule has 0 aliphatic carbocycles. The van der Waals surface area contributed by atoms with Crippen LogP contribution in [0.25, 0.3) is 0 Å². The van der Waals surface area contributed by atoms with Crippen LogP contribution in [0, 0.1) is 11.6 Å². The standard InChI is InChI=1S/C24H27ClF5N5O3.2ClH/c25-14-1-4-18(20(11-14)35-9-7-34(8-10-35)6-5-24(28,29)30)33-23(38)15-2-3-17(26)21(27)16(15)12-32-19(13-36)22(31)37;;/h1-4,11,13,19,22,32,37H,5-10,12,31H2,(H,33,38);2*1H. The molecule has 2 aromatic carbocycles. The number of nitrogens with zero attached hydrogens (tertiary/aromatic N) is 2. The monoisotopic (exact) mass is 635 g/mol. The Hall–Kier alpha value is -2.26. The number of rotatable bonds is 10. The van der Waals surface area contributed by atoms with Gasteiger partial charge in [-0.25, -0.2) is 8.78 Å². The maximum Gasteiger partial charge on any atom is 0.390 e. The highest BCUT2D eigenvalue weighted by Gasteiger charge is 2.29. The Morgan fingerprint density at radius 1 is 1.12 bits per heavy atom. The van der Waals surface area contributed by atoms with Crippen molar-refractivity contribution in [1.29, 1.82) is 0 Å². The van der Waals surface area contributed by atoms with Crippen molar-refractivity contribution in [1.82, 2.24) is 10.2 Å². The number of nitrogens with two attached hydrogens (primary N) is 1. The van der Waals surface area contributed by atoms with E-state index >= 15 is 0 Å². The molecular weight excluding hydrogens is 608 g/mol. The molecule has 5 N–H and O–H groups in total. The Kier molecular flexibility index (Phi) is 14.0. The second kappa shape index (κ2) is 15.7. The van der Waals surface area contributed by atoms with Gasteiger partial charge in [-0.2, -0.15) is 13.2 Å². The summed E-state index contributed by atoms with van der Waals surface area (Å²) < 4.78 is 66.3. The van der Waals surface area contributed by atoms with Gasteiger partial charge in [0, 0.05) is 55.4 Å². The number of hydrogen-bond acceptors (Lipinski definition) is 7. The third-order valence-corrected chi connectivity index (χ3v) is 6.34. The van der Waals surface area contributed by atoms with Crippen LogP contribution in [-0.2, 0) is 11.3 Å². The van der Waals surface area contributed by atoms with Crippen molar-refractivity contribution in [3.05, 3.63) is 58.1 Å². The first-order valence-electron chi connectivity index (χ1n) is 11.6. The Morgan fingerprint density at radius 2 is 1.77 bits per heavy atom. The molecule has 0 aromatic heterocycles. The maximum absolute atomic E-state index is 14.6. The van der Waals surface area contributed by atoms with E-state index in [-0.39, 0.29) is 42.5 Å². The van der Waals surface area contributed by atoms with E-state index in [1.165, 1.54) is 12.1 Å². The molecule has 1 amide bonds. The van der Waals surface area contributed by atoms with Gasteiger partial charge in [-0.05, 0) is 30.3 Å².